The quantitative estimate of drug-likeness (QED) is 0.709. The Bertz CT molecular complexity index is 655. The average molecular weight is 329 g/mol. The lowest BCUT2D eigenvalue weighted by Gasteiger charge is -2.14. The van der Waals surface area contributed by atoms with E-state index >= 15 is 0 Å². The number of hydrogen-bond donors (Lipinski definition) is 1. The van der Waals surface area contributed by atoms with Gasteiger partial charge in [-0.25, -0.2) is 0 Å². The van der Waals surface area contributed by atoms with E-state index in [1.165, 1.54) is 16.7 Å². The fraction of sp³-hybridized carbons (Fsp3) is 0.400. The summed E-state index contributed by atoms with van der Waals surface area (Å²) in [7, 11) is 1.65. The van der Waals surface area contributed by atoms with Crippen molar-refractivity contribution < 1.29 is 14.2 Å². The zero-order chi connectivity index (χ0) is 17.4. The summed E-state index contributed by atoms with van der Waals surface area (Å²) in [6, 6.07) is 12.1. The van der Waals surface area contributed by atoms with Gasteiger partial charge in [-0.1, -0.05) is 25.1 Å². The van der Waals surface area contributed by atoms with Crippen molar-refractivity contribution in [3.63, 3.8) is 0 Å². The van der Waals surface area contributed by atoms with Crippen LogP contribution in [0, 0.1) is 13.8 Å². The zero-order valence-electron chi connectivity index (χ0n) is 15.0. The van der Waals surface area contributed by atoms with Crippen LogP contribution in [0.2, 0.25) is 0 Å². The highest BCUT2D eigenvalue weighted by Gasteiger charge is 2.07. The van der Waals surface area contributed by atoms with Gasteiger partial charge in [0.2, 0.25) is 0 Å². The molecule has 4 heteroatoms. The summed E-state index contributed by atoms with van der Waals surface area (Å²) >= 11 is 0. The van der Waals surface area contributed by atoms with Crippen molar-refractivity contribution in [2.75, 3.05) is 26.9 Å². The maximum atomic E-state index is 5.86. The van der Waals surface area contributed by atoms with Gasteiger partial charge in [0.25, 0.3) is 0 Å². The predicted octanol–water partition coefficient (Wildman–Crippen LogP) is 3.88. The van der Waals surface area contributed by atoms with Crippen molar-refractivity contribution in [1.29, 1.82) is 0 Å². The molecule has 0 bridgehead atoms. The average Bonchev–Trinajstić information content (AvgIpc) is 2.60. The van der Waals surface area contributed by atoms with E-state index < -0.39 is 0 Å². The Hall–Kier alpha value is -2.20. The maximum absolute atomic E-state index is 5.86. The molecule has 0 aliphatic rings. The second-order valence-corrected chi connectivity index (χ2v) is 5.66. The number of methoxy groups -OCH3 is 1. The fourth-order valence-corrected chi connectivity index (χ4v) is 2.40. The van der Waals surface area contributed by atoms with Crippen LogP contribution >= 0.6 is 0 Å². The van der Waals surface area contributed by atoms with E-state index in [0.717, 1.165) is 30.3 Å². The molecule has 2 aromatic rings. The Morgan fingerprint density at radius 3 is 2.38 bits per heavy atom. The molecule has 24 heavy (non-hydrogen) atoms. The molecule has 0 amide bonds. The molecular weight excluding hydrogens is 302 g/mol. The maximum Gasteiger partial charge on any atom is 0.161 e. The van der Waals surface area contributed by atoms with Crippen molar-refractivity contribution in [2.24, 2.45) is 0 Å². The molecular formula is C20H27NO3. The van der Waals surface area contributed by atoms with Crippen LogP contribution in [-0.2, 0) is 6.54 Å². The van der Waals surface area contributed by atoms with Crippen molar-refractivity contribution in [2.45, 2.75) is 27.3 Å². The van der Waals surface area contributed by atoms with E-state index in [2.05, 4.69) is 32.2 Å². The van der Waals surface area contributed by atoms with Crippen LogP contribution in [0.5, 0.6) is 17.2 Å². The lowest BCUT2D eigenvalue weighted by Crippen LogP contribution is -2.13. The second kappa shape index (κ2) is 9.18. The number of aryl methyl sites for hydroxylation is 1. The normalized spacial score (nSPS) is 10.5. The third-order valence-corrected chi connectivity index (χ3v) is 3.96. The van der Waals surface area contributed by atoms with Gasteiger partial charge < -0.3 is 19.5 Å². The summed E-state index contributed by atoms with van der Waals surface area (Å²) in [6.45, 7) is 8.95. The van der Waals surface area contributed by atoms with Gasteiger partial charge in [-0.15, -0.1) is 0 Å². The molecule has 2 aromatic carbocycles. The lowest BCUT2D eigenvalue weighted by atomic mass is 10.1. The molecule has 4 nitrogen and oxygen atoms in total. The van der Waals surface area contributed by atoms with Crippen molar-refractivity contribution >= 4 is 0 Å². The summed E-state index contributed by atoms with van der Waals surface area (Å²) in [6.07, 6.45) is 0. The molecule has 0 saturated carbocycles. The third kappa shape index (κ3) is 4.90. The Morgan fingerprint density at radius 1 is 0.917 bits per heavy atom. The van der Waals surface area contributed by atoms with Crippen LogP contribution < -0.4 is 19.5 Å². The van der Waals surface area contributed by atoms with Gasteiger partial charge in [0.05, 0.1) is 7.11 Å². The molecule has 0 aliphatic heterocycles. The number of hydrogen-bond acceptors (Lipinski definition) is 4. The SMILES string of the molecule is CCNCc1ccc(OC)c(OCCOc2cccc(C)c2C)c1. The van der Waals surface area contributed by atoms with E-state index in [0.29, 0.717) is 13.2 Å². The van der Waals surface area contributed by atoms with E-state index in [-0.39, 0.29) is 0 Å². The first-order valence-electron chi connectivity index (χ1n) is 8.35. The summed E-state index contributed by atoms with van der Waals surface area (Å²) in [5, 5.41) is 3.31. The molecule has 0 spiro atoms. The Morgan fingerprint density at radius 2 is 1.67 bits per heavy atom. The minimum absolute atomic E-state index is 0.467. The molecule has 0 radical (unpaired) electrons. The van der Waals surface area contributed by atoms with Crippen molar-refractivity contribution in [3.8, 4) is 17.2 Å². The first-order valence-corrected chi connectivity index (χ1v) is 8.35. The first kappa shape index (κ1) is 18.1. The largest absolute Gasteiger partial charge is 0.493 e. The molecule has 1 N–H and O–H groups in total. The van der Waals surface area contributed by atoms with Gasteiger partial charge in [-0.2, -0.15) is 0 Å². The van der Waals surface area contributed by atoms with Gasteiger partial charge >= 0.3 is 0 Å². The summed E-state index contributed by atoms with van der Waals surface area (Å²) < 4.78 is 17.1. The summed E-state index contributed by atoms with van der Waals surface area (Å²) in [4.78, 5) is 0. The highest BCUT2D eigenvalue weighted by atomic mass is 16.5. The molecule has 0 heterocycles. The molecule has 0 aromatic heterocycles. The molecule has 0 unspecified atom stereocenters. The smallest absolute Gasteiger partial charge is 0.161 e. The molecule has 0 atom stereocenters. The number of ether oxygens (including phenoxy) is 3. The topological polar surface area (TPSA) is 39.7 Å². The highest BCUT2D eigenvalue weighted by Crippen LogP contribution is 2.28. The van der Waals surface area contributed by atoms with E-state index in [1.807, 2.05) is 30.3 Å². The number of nitrogens with one attached hydrogen (secondary N) is 1. The summed E-state index contributed by atoms with van der Waals surface area (Å²) in [5.41, 5.74) is 3.57. The Kier molecular flexibility index (Phi) is 6.94. The van der Waals surface area contributed by atoms with Crippen LogP contribution in [0.15, 0.2) is 36.4 Å². The summed E-state index contributed by atoms with van der Waals surface area (Å²) in [5.74, 6) is 2.39. The van der Waals surface area contributed by atoms with Crippen LogP contribution in [-0.4, -0.2) is 26.9 Å². The molecule has 0 fully saturated rings. The minimum atomic E-state index is 0.467. The Balaban J connectivity index is 1.92. The predicted molar refractivity (Wildman–Crippen MR) is 97.3 cm³/mol. The van der Waals surface area contributed by atoms with Gasteiger partial charge in [0.15, 0.2) is 11.5 Å². The molecule has 0 saturated heterocycles. The monoisotopic (exact) mass is 329 g/mol. The fourth-order valence-electron chi connectivity index (χ4n) is 2.40. The van der Waals surface area contributed by atoms with Gasteiger partial charge in [-0.3, -0.25) is 0 Å². The molecule has 2 rings (SSSR count). The van der Waals surface area contributed by atoms with Crippen molar-refractivity contribution in [3.05, 3.63) is 53.1 Å². The van der Waals surface area contributed by atoms with E-state index in [9.17, 15) is 0 Å². The zero-order valence-corrected chi connectivity index (χ0v) is 15.0. The Labute approximate surface area is 144 Å². The van der Waals surface area contributed by atoms with Crippen LogP contribution in [0.3, 0.4) is 0 Å². The second-order valence-electron chi connectivity index (χ2n) is 5.66. The van der Waals surface area contributed by atoms with E-state index in [4.69, 9.17) is 14.2 Å². The van der Waals surface area contributed by atoms with E-state index in [1.54, 1.807) is 7.11 Å². The van der Waals surface area contributed by atoms with Crippen LogP contribution in [0.4, 0.5) is 0 Å². The molecule has 130 valence electrons. The first-order chi connectivity index (χ1) is 11.7. The van der Waals surface area contributed by atoms with Gasteiger partial charge in [0, 0.05) is 6.54 Å². The number of benzene rings is 2. The van der Waals surface area contributed by atoms with Gasteiger partial charge in [0.1, 0.15) is 19.0 Å². The third-order valence-electron chi connectivity index (χ3n) is 3.96. The minimum Gasteiger partial charge on any atom is -0.493 e. The standard InChI is InChI=1S/C20H27NO3/c1-5-21-14-17-9-10-19(22-4)20(13-17)24-12-11-23-18-8-6-7-15(2)16(18)3/h6-10,13,21H,5,11-12,14H2,1-4H3. The van der Waals surface area contributed by atoms with Crippen LogP contribution in [0.1, 0.15) is 23.6 Å². The highest BCUT2D eigenvalue weighted by molar-refractivity contribution is 5.43. The molecule has 0 aliphatic carbocycles. The number of rotatable bonds is 9. The van der Waals surface area contributed by atoms with Crippen molar-refractivity contribution in [1.82, 2.24) is 5.32 Å². The lowest BCUT2D eigenvalue weighted by molar-refractivity contribution is 0.210. The van der Waals surface area contributed by atoms with Crippen LogP contribution in [0.25, 0.3) is 0 Å². The van der Waals surface area contributed by atoms with Gasteiger partial charge in [-0.05, 0) is 55.3 Å².